The van der Waals surface area contributed by atoms with Gasteiger partial charge in [-0.1, -0.05) is 22.0 Å². The number of fused-ring (bicyclic) bond motifs is 3. The predicted molar refractivity (Wildman–Crippen MR) is 104 cm³/mol. The summed E-state index contributed by atoms with van der Waals surface area (Å²) >= 11 is 9.13. The van der Waals surface area contributed by atoms with E-state index in [0.29, 0.717) is 17.8 Å². The second-order valence-corrected chi connectivity index (χ2v) is 8.73. The molecular formula is C19H23BrN2O2S. The van der Waals surface area contributed by atoms with E-state index >= 15 is 0 Å². The van der Waals surface area contributed by atoms with Gasteiger partial charge >= 0.3 is 0 Å². The summed E-state index contributed by atoms with van der Waals surface area (Å²) in [6.45, 7) is 2.59. The van der Waals surface area contributed by atoms with Crippen LogP contribution in [0.3, 0.4) is 0 Å². The number of methoxy groups -OCH3 is 1. The second kappa shape index (κ2) is 6.03. The number of halogens is 1. The molecule has 1 heterocycles. The van der Waals surface area contributed by atoms with Crippen LogP contribution < -0.4 is 5.32 Å². The summed E-state index contributed by atoms with van der Waals surface area (Å²) in [5.41, 5.74) is 1.51. The van der Waals surface area contributed by atoms with Crippen LogP contribution in [0.1, 0.15) is 43.7 Å². The molecule has 1 aromatic carbocycles. The minimum atomic E-state index is -0.724. The molecule has 6 heteroatoms. The van der Waals surface area contributed by atoms with Crippen molar-refractivity contribution >= 4 is 39.2 Å². The van der Waals surface area contributed by atoms with Crippen LogP contribution in [0, 0.1) is 5.41 Å². The molecule has 0 bridgehead atoms. The predicted octanol–water partition coefficient (Wildman–Crippen LogP) is 3.51. The van der Waals surface area contributed by atoms with Gasteiger partial charge in [-0.15, -0.1) is 0 Å². The molecule has 2 spiro atoms. The summed E-state index contributed by atoms with van der Waals surface area (Å²) in [6, 6.07) is 6.34. The van der Waals surface area contributed by atoms with E-state index in [9.17, 15) is 4.79 Å². The fraction of sp³-hybridized carbons (Fsp3) is 0.579. The van der Waals surface area contributed by atoms with Crippen molar-refractivity contribution in [2.45, 2.75) is 50.7 Å². The first kappa shape index (κ1) is 17.4. The minimum Gasteiger partial charge on any atom is -0.381 e. The maximum absolute atomic E-state index is 13.6. The van der Waals surface area contributed by atoms with Crippen LogP contribution in [-0.4, -0.2) is 35.7 Å². The molecule has 0 aromatic heterocycles. The lowest BCUT2D eigenvalue weighted by Crippen LogP contribution is -2.56. The van der Waals surface area contributed by atoms with E-state index in [1.165, 1.54) is 5.56 Å². The average molecular weight is 423 g/mol. The number of carbonyl (C=O) groups is 1. The van der Waals surface area contributed by atoms with Gasteiger partial charge in [-0.3, -0.25) is 9.69 Å². The number of hydrogen-bond donors (Lipinski definition) is 1. The highest BCUT2D eigenvalue weighted by Gasteiger charge is 2.66. The molecule has 1 amide bonds. The highest BCUT2D eigenvalue weighted by atomic mass is 79.9. The summed E-state index contributed by atoms with van der Waals surface area (Å²) < 4.78 is 6.59. The summed E-state index contributed by atoms with van der Waals surface area (Å²) in [5.74, 6) is 0.118. The quantitative estimate of drug-likeness (QED) is 0.740. The molecule has 1 aromatic rings. The van der Waals surface area contributed by atoms with Crippen LogP contribution in [0.5, 0.6) is 0 Å². The van der Waals surface area contributed by atoms with E-state index in [1.54, 1.807) is 12.0 Å². The Morgan fingerprint density at radius 1 is 1.40 bits per heavy atom. The summed E-state index contributed by atoms with van der Waals surface area (Å²) in [4.78, 5) is 15.3. The van der Waals surface area contributed by atoms with E-state index < -0.39 is 5.54 Å². The zero-order valence-corrected chi connectivity index (χ0v) is 17.0. The number of rotatable bonds is 2. The van der Waals surface area contributed by atoms with Crippen molar-refractivity contribution in [1.29, 1.82) is 0 Å². The number of likely N-dealkylation sites (N-methyl/N-ethyl adjacent to an activating group) is 1. The van der Waals surface area contributed by atoms with E-state index in [4.69, 9.17) is 17.0 Å². The Hall–Kier alpha value is -0.980. The van der Waals surface area contributed by atoms with Gasteiger partial charge in [0.2, 0.25) is 0 Å². The molecule has 1 N–H and O–H groups in total. The van der Waals surface area contributed by atoms with Gasteiger partial charge in [0.05, 0.1) is 6.10 Å². The Kier molecular flexibility index (Phi) is 4.21. The van der Waals surface area contributed by atoms with Gasteiger partial charge in [-0.05, 0) is 74.5 Å². The SMILES string of the molecule is CCN1C(=O)C2(NC1=S)c1cc(Br)ccc1CC21CCC(OC)CC1. The molecule has 4 nitrogen and oxygen atoms in total. The Balaban J connectivity index is 1.86. The normalized spacial score (nSPS) is 34.0. The number of carbonyl (C=O) groups excluding carboxylic acids is 1. The molecule has 1 atom stereocenters. The second-order valence-electron chi connectivity index (χ2n) is 7.42. The number of nitrogens with one attached hydrogen (secondary N) is 1. The number of amides is 1. The highest BCUT2D eigenvalue weighted by Crippen LogP contribution is 2.60. The van der Waals surface area contributed by atoms with Crippen LogP contribution >= 0.6 is 28.1 Å². The van der Waals surface area contributed by atoms with Gasteiger partial charge in [0, 0.05) is 23.5 Å². The molecule has 134 valence electrons. The third-order valence-electron chi connectivity index (χ3n) is 6.45. The van der Waals surface area contributed by atoms with E-state index in [2.05, 4.69) is 39.4 Å². The van der Waals surface area contributed by atoms with Crippen LogP contribution in [0.4, 0.5) is 0 Å². The van der Waals surface area contributed by atoms with Crippen LogP contribution in [-0.2, 0) is 21.5 Å². The fourth-order valence-electron chi connectivity index (χ4n) is 5.17. The molecule has 4 rings (SSSR count). The number of thiocarbonyl (C=S) groups is 1. The molecule has 3 aliphatic rings. The molecule has 1 aliphatic heterocycles. The van der Waals surface area contributed by atoms with Gasteiger partial charge in [-0.2, -0.15) is 0 Å². The number of nitrogens with zero attached hydrogens (tertiary/aromatic N) is 1. The lowest BCUT2D eigenvalue weighted by atomic mass is 9.61. The van der Waals surface area contributed by atoms with Gasteiger partial charge in [-0.25, -0.2) is 0 Å². The molecule has 1 saturated heterocycles. The van der Waals surface area contributed by atoms with Gasteiger partial charge in [0.15, 0.2) is 10.7 Å². The maximum atomic E-state index is 13.6. The third-order valence-corrected chi connectivity index (χ3v) is 7.26. The van der Waals surface area contributed by atoms with Crippen LogP contribution in [0.25, 0.3) is 0 Å². The zero-order chi connectivity index (χ0) is 17.8. The first-order valence-electron chi connectivity index (χ1n) is 8.93. The van der Waals surface area contributed by atoms with Crippen molar-refractivity contribution in [2.24, 2.45) is 5.41 Å². The minimum absolute atomic E-state index is 0.118. The summed E-state index contributed by atoms with van der Waals surface area (Å²) in [6.07, 6.45) is 5.13. The van der Waals surface area contributed by atoms with Crippen molar-refractivity contribution < 1.29 is 9.53 Å². The lowest BCUT2D eigenvalue weighted by Gasteiger charge is -2.46. The molecule has 2 fully saturated rings. The summed E-state index contributed by atoms with van der Waals surface area (Å²) in [7, 11) is 1.78. The Bertz CT molecular complexity index is 745. The zero-order valence-electron chi connectivity index (χ0n) is 14.6. The van der Waals surface area contributed by atoms with Crippen molar-refractivity contribution in [3.63, 3.8) is 0 Å². The summed E-state index contributed by atoms with van der Waals surface area (Å²) in [5, 5.41) is 4.07. The van der Waals surface area contributed by atoms with Gasteiger partial charge in [0.25, 0.3) is 5.91 Å². The van der Waals surface area contributed by atoms with Gasteiger partial charge < -0.3 is 10.1 Å². The molecule has 1 unspecified atom stereocenters. The average Bonchev–Trinajstić information content (AvgIpc) is 3.02. The number of ether oxygens (including phenoxy) is 1. The number of benzene rings is 1. The molecular weight excluding hydrogens is 400 g/mol. The van der Waals surface area contributed by atoms with Crippen LogP contribution in [0.15, 0.2) is 22.7 Å². The molecule has 1 saturated carbocycles. The third kappa shape index (κ3) is 2.26. The lowest BCUT2D eigenvalue weighted by molar-refractivity contribution is -0.138. The van der Waals surface area contributed by atoms with Crippen molar-refractivity contribution in [3.8, 4) is 0 Å². The first-order chi connectivity index (χ1) is 12.0. The first-order valence-corrected chi connectivity index (χ1v) is 10.1. The fourth-order valence-corrected chi connectivity index (χ4v) is 5.90. The van der Waals surface area contributed by atoms with Crippen LogP contribution in [0.2, 0.25) is 0 Å². The smallest absolute Gasteiger partial charge is 0.259 e. The Labute approximate surface area is 162 Å². The molecule has 0 radical (unpaired) electrons. The van der Waals surface area contributed by atoms with E-state index in [0.717, 1.165) is 42.1 Å². The molecule has 2 aliphatic carbocycles. The topological polar surface area (TPSA) is 41.6 Å². The largest absolute Gasteiger partial charge is 0.381 e. The Morgan fingerprint density at radius 2 is 2.12 bits per heavy atom. The molecule has 25 heavy (non-hydrogen) atoms. The van der Waals surface area contributed by atoms with Gasteiger partial charge in [0.1, 0.15) is 0 Å². The monoisotopic (exact) mass is 422 g/mol. The van der Waals surface area contributed by atoms with Crippen molar-refractivity contribution in [1.82, 2.24) is 10.2 Å². The van der Waals surface area contributed by atoms with E-state index in [-0.39, 0.29) is 11.3 Å². The van der Waals surface area contributed by atoms with Crippen molar-refractivity contribution in [2.75, 3.05) is 13.7 Å². The number of hydrogen-bond acceptors (Lipinski definition) is 3. The van der Waals surface area contributed by atoms with Crippen molar-refractivity contribution in [3.05, 3.63) is 33.8 Å². The Morgan fingerprint density at radius 3 is 2.72 bits per heavy atom. The van der Waals surface area contributed by atoms with E-state index in [1.807, 2.05) is 6.92 Å². The standard InChI is InChI=1S/C19H23BrN2O2S/c1-3-22-16(23)19(21-17(22)25)15-10-13(20)5-4-12(15)11-18(19)8-6-14(24-2)7-9-18/h4-5,10,14H,3,6-9,11H2,1-2H3,(H,21,25). The maximum Gasteiger partial charge on any atom is 0.259 e. The highest BCUT2D eigenvalue weighted by molar-refractivity contribution is 9.10.